The number of amides is 1. The van der Waals surface area contributed by atoms with E-state index in [1.807, 2.05) is 6.07 Å². The van der Waals surface area contributed by atoms with E-state index in [0.717, 1.165) is 29.6 Å². The second-order valence-electron chi connectivity index (χ2n) is 6.40. The predicted octanol–water partition coefficient (Wildman–Crippen LogP) is 2.23. The van der Waals surface area contributed by atoms with Crippen LogP contribution < -0.4 is 5.32 Å². The summed E-state index contributed by atoms with van der Waals surface area (Å²) in [6.07, 6.45) is 4.97. The van der Waals surface area contributed by atoms with E-state index in [1.54, 1.807) is 17.9 Å². The number of nitrogens with one attached hydrogen (secondary N) is 1. The molecule has 24 heavy (non-hydrogen) atoms. The quantitative estimate of drug-likeness (QED) is 0.836. The van der Waals surface area contributed by atoms with Crippen LogP contribution in [0, 0.1) is 5.92 Å². The highest BCUT2D eigenvalue weighted by Gasteiger charge is 2.19. The van der Waals surface area contributed by atoms with Gasteiger partial charge in [0.2, 0.25) is 0 Å². The lowest BCUT2D eigenvalue weighted by Crippen LogP contribution is -2.43. The summed E-state index contributed by atoms with van der Waals surface area (Å²) >= 11 is 1.40. The summed E-state index contributed by atoms with van der Waals surface area (Å²) in [5, 5.41) is 15.4. The molecular formula is C17H23N3O3S. The molecule has 2 aromatic heterocycles. The molecule has 2 aromatic rings. The molecule has 0 aromatic carbocycles. The van der Waals surface area contributed by atoms with E-state index in [-0.39, 0.29) is 12.5 Å². The molecule has 130 valence electrons. The molecular weight excluding hydrogens is 326 g/mol. The maximum absolute atomic E-state index is 12.2. The molecule has 0 spiro atoms. The summed E-state index contributed by atoms with van der Waals surface area (Å²) in [5.74, 6) is 0.513. The Morgan fingerprint density at radius 3 is 3.04 bits per heavy atom. The summed E-state index contributed by atoms with van der Waals surface area (Å²) < 4.78 is 5.02. The number of rotatable bonds is 6. The predicted molar refractivity (Wildman–Crippen MR) is 93.0 cm³/mol. The summed E-state index contributed by atoms with van der Waals surface area (Å²) in [6.45, 7) is 5.14. The second-order valence-corrected chi connectivity index (χ2v) is 7.26. The molecule has 6 nitrogen and oxygen atoms in total. The van der Waals surface area contributed by atoms with Crippen molar-refractivity contribution in [2.24, 2.45) is 5.92 Å². The fourth-order valence-electron chi connectivity index (χ4n) is 2.81. The smallest absolute Gasteiger partial charge is 0.270 e. The Hall–Kier alpha value is -1.70. The van der Waals surface area contributed by atoms with Crippen LogP contribution in [0.5, 0.6) is 0 Å². The van der Waals surface area contributed by atoms with Gasteiger partial charge in [-0.15, -0.1) is 11.3 Å². The van der Waals surface area contributed by atoms with E-state index >= 15 is 0 Å². The van der Waals surface area contributed by atoms with E-state index < -0.39 is 6.10 Å². The van der Waals surface area contributed by atoms with Gasteiger partial charge in [-0.05, 0) is 37.9 Å². The van der Waals surface area contributed by atoms with Crippen LogP contribution in [0.1, 0.15) is 30.3 Å². The van der Waals surface area contributed by atoms with Crippen molar-refractivity contribution in [3.05, 3.63) is 29.7 Å². The molecule has 1 fully saturated rings. The molecule has 0 aliphatic carbocycles. The first-order valence-corrected chi connectivity index (χ1v) is 9.16. The molecule has 0 unspecified atom stereocenters. The molecule has 7 heteroatoms. The van der Waals surface area contributed by atoms with Gasteiger partial charge < -0.3 is 19.7 Å². The zero-order valence-corrected chi connectivity index (χ0v) is 14.6. The van der Waals surface area contributed by atoms with Crippen LogP contribution in [0.2, 0.25) is 0 Å². The minimum absolute atomic E-state index is 0.240. The van der Waals surface area contributed by atoms with Gasteiger partial charge in [0.15, 0.2) is 0 Å². The summed E-state index contributed by atoms with van der Waals surface area (Å²) in [4.78, 5) is 18.7. The molecule has 3 heterocycles. The average molecular weight is 349 g/mol. The van der Waals surface area contributed by atoms with Crippen molar-refractivity contribution in [1.82, 2.24) is 15.2 Å². The van der Waals surface area contributed by atoms with Crippen molar-refractivity contribution >= 4 is 17.2 Å². The molecule has 1 atom stereocenters. The van der Waals surface area contributed by atoms with E-state index in [9.17, 15) is 9.90 Å². The fourth-order valence-corrected chi connectivity index (χ4v) is 3.59. The Kier molecular flexibility index (Phi) is 5.65. The number of nitrogens with zero attached hydrogens (tertiary/aromatic N) is 2. The molecule has 1 amide bonds. The highest BCUT2D eigenvalue weighted by Crippen LogP contribution is 2.23. The van der Waals surface area contributed by atoms with E-state index in [4.69, 9.17) is 4.42 Å². The first-order chi connectivity index (χ1) is 11.6. The number of hydrogen-bond donors (Lipinski definition) is 2. The second kappa shape index (κ2) is 7.92. The molecule has 1 saturated heterocycles. The fraction of sp³-hybridized carbons (Fsp3) is 0.529. The van der Waals surface area contributed by atoms with Gasteiger partial charge in [-0.3, -0.25) is 4.79 Å². The number of thiazole rings is 1. The van der Waals surface area contributed by atoms with Crippen LogP contribution in [0.15, 0.2) is 28.4 Å². The third kappa shape index (κ3) is 4.43. The monoisotopic (exact) mass is 349 g/mol. The van der Waals surface area contributed by atoms with Crippen molar-refractivity contribution in [1.29, 1.82) is 0 Å². The van der Waals surface area contributed by atoms with Crippen LogP contribution in [0.3, 0.4) is 0 Å². The number of furan rings is 1. The van der Waals surface area contributed by atoms with Crippen LogP contribution in [-0.4, -0.2) is 53.2 Å². The number of aliphatic hydroxyl groups is 1. The number of hydrogen-bond acceptors (Lipinski definition) is 6. The number of aromatic nitrogens is 1. The lowest BCUT2D eigenvalue weighted by atomic mass is 9.99. The summed E-state index contributed by atoms with van der Waals surface area (Å²) in [7, 11) is 0. The standard InChI is InChI=1S/C17H23N3O3S/c1-12-2-5-20(6-3-12)9-14(21)8-18-16(22)15-11-24-17(19-15)13-4-7-23-10-13/h4,7,10-12,14,21H,2-3,5-6,8-9H2,1H3,(H,18,22)/t14-/m0/s1. The number of carbonyl (C=O) groups is 1. The number of aliphatic hydroxyl groups excluding tert-OH is 1. The molecule has 1 aliphatic heterocycles. The van der Waals surface area contributed by atoms with Gasteiger partial charge in [-0.2, -0.15) is 0 Å². The van der Waals surface area contributed by atoms with Crippen molar-refractivity contribution in [3.8, 4) is 10.6 Å². The lowest BCUT2D eigenvalue weighted by Gasteiger charge is -2.31. The summed E-state index contributed by atoms with van der Waals surface area (Å²) in [5.41, 5.74) is 1.23. The molecule has 3 rings (SSSR count). The maximum atomic E-state index is 12.2. The highest BCUT2D eigenvalue weighted by atomic mass is 32.1. The Labute approximate surface area is 145 Å². The lowest BCUT2D eigenvalue weighted by molar-refractivity contribution is 0.0793. The van der Waals surface area contributed by atoms with Crippen molar-refractivity contribution < 1.29 is 14.3 Å². The maximum Gasteiger partial charge on any atom is 0.270 e. The van der Waals surface area contributed by atoms with Gasteiger partial charge in [0, 0.05) is 24.0 Å². The molecule has 1 aliphatic rings. The van der Waals surface area contributed by atoms with Gasteiger partial charge >= 0.3 is 0 Å². The zero-order valence-electron chi connectivity index (χ0n) is 13.8. The summed E-state index contributed by atoms with van der Waals surface area (Å²) in [6, 6.07) is 1.81. The van der Waals surface area contributed by atoms with E-state index in [1.165, 1.54) is 24.2 Å². The topological polar surface area (TPSA) is 78.6 Å². The Morgan fingerprint density at radius 1 is 1.54 bits per heavy atom. The van der Waals surface area contributed by atoms with Gasteiger partial charge in [0.05, 0.1) is 12.4 Å². The number of piperidine rings is 1. The number of carbonyl (C=O) groups excluding carboxylic acids is 1. The van der Waals surface area contributed by atoms with Crippen molar-refractivity contribution in [2.45, 2.75) is 25.9 Å². The third-order valence-corrected chi connectivity index (χ3v) is 5.24. The zero-order chi connectivity index (χ0) is 16.9. The SMILES string of the molecule is CC1CCN(C[C@@H](O)CNC(=O)c2csc(-c3ccoc3)n2)CC1. The van der Waals surface area contributed by atoms with Gasteiger partial charge in [-0.25, -0.2) is 4.98 Å². The normalized spacial score (nSPS) is 17.8. The Bertz CT molecular complexity index is 648. The Balaban J connectivity index is 1.45. The van der Waals surface area contributed by atoms with Gasteiger partial charge in [0.25, 0.3) is 5.91 Å². The van der Waals surface area contributed by atoms with E-state index in [2.05, 4.69) is 22.1 Å². The largest absolute Gasteiger partial charge is 0.472 e. The minimum atomic E-state index is -0.561. The minimum Gasteiger partial charge on any atom is -0.472 e. The van der Waals surface area contributed by atoms with Crippen LogP contribution >= 0.6 is 11.3 Å². The molecule has 0 radical (unpaired) electrons. The van der Waals surface area contributed by atoms with Crippen LogP contribution in [-0.2, 0) is 0 Å². The number of likely N-dealkylation sites (tertiary alicyclic amines) is 1. The highest BCUT2D eigenvalue weighted by molar-refractivity contribution is 7.13. The first kappa shape index (κ1) is 17.1. The Morgan fingerprint density at radius 2 is 2.33 bits per heavy atom. The molecule has 0 bridgehead atoms. The van der Waals surface area contributed by atoms with Gasteiger partial charge in [-0.1, -0.05) is 6.92 Å². The van der Waals surface area contributed by atoms with Crippen molar-refractivity contribution in [2.75, 3.05) is 26.2 Å². The first-order valence-electron chi connectivity index (χ1n) is 8.28. The molecule has 0 saturated carbocycles. The van der Waals surface area contributed by atoms with Crippen molar-refractivity contribution in [3.63, 3.8) is 0 Å². The van der Waals surface area contributed by atoms with E-state index in [0.29, 0.717) is 12.2 Å². The van der Waals surface area contributed by atoms with Crippen LogP contribution in [0.25, 0.3) is 10.6 Å². The third-order valence-electron chi connectivity index (χ3n) is 4.35. The van der Waals surface area contributed by atoms with Crippen LogP contribution in [0.4, 0.5) is 0 Å². The number of β-amino-alcohol motifs (C(OH)–C–C–N with tert-alkyl or cyclic N) is 1. The van der Waals surface area contributed by atoms with Gasteiger partial charge in [0.1, 0.15) is 17.0 Å². The average Bonchev–Trinajstić information content (AvgIpc) is 3.25. The molecule has 2 N–H and O–H groups in total.